The van der Waals surface area contributed by atoms with Crippen molar-refractivity contribution < 1.29 is 0 Å². The monoisotopic (exact) mass is 274 g/mol. The Balaban J connectivity index is 2.51. The second-order valence-corrected chi connectivity index (χ2v) is 7.27. The summed E-state index contributed by atoms with van der Waals surface area (Å²) in [6.45, 7) is 12.5. The number of benzene rings is 1. The first-order valence-electron chi connectivity index (χ1n) is 7.91. The molecule has 0 aliphatic carbocycles. The largest absolute Gasteiger partial charge is 0.326 e. The third kappa shape index (κ3) is 3.07. The molecule has 2 rings (SSSR count). The van der Waals surface area contributed by atoms with Crippen LogP contribution in [0.3, 0.4) is 0 Å². The van der Waals surface area contributed by atoms with Crippen LogP contribution >= 0.6 is 0 Å². The van der Waals surface area contributed by atoms with E-state index in [9.17, 15) is 0 Å². The Morgan fingerprint density at radius 1 is 1.10 bits per heavy atom. The van der Waals surface area contributed by atoms with Gasteiger partial charge in [-0.05, 0) is 70.7 Å². The van der Waals surface area contributed by atoms with Crippen molar-refractivity contribution in [3.05, 3.63) is 34.9 Å². The minimum atomic E-state index is 0.154. The van der Waals surface area contributed by atoms with E-state index in [1.165, 1.54) is 29.5 Å². The van der Waals surface area contributed by atoms with Gasteiger partial charge < -0.3 is 5.73 Å². The molecule has 1 aliphatic heterocycles. The smallest absolute Gasteiger partial charge is 0.0509 e. The molecule has 1 aromatic rings. The van der Waals surface area contributed by atoms with Crippen LogP contribution in [0.5, 0.6) is 0 Å². The van der Waals surface area contributed by atoms with Gasteiger partial charge in [0.1, 0.15) is 0 Å². The fraction of sp³-hybridized carbons (Fsp3) is 0.667. The minimum absolute atomic E-state index is 0.154. The van der Waals surface area contributed by atoms with Gasteiger partial charge in [-0.25, -0.2) is 0 Å². The van der Waals surface area contributed by atoms with Gasteiger partial charge in [-0.3, -0.25) is 4.90 Å². The summed E-state index contributed by atoms with van der Waals surface area (Å²) in [6.07, 6.45) is 3.63. The lowest BCUT2D eigenvalue weighted by Gasteiger charge is -2.44. The van der Waals surface area contributed by atoms with E-state index in [0.29, 0.717) is 6.04 Å². The summed E-state index contributed by atoms with van der Waals surface area (Å²) in [6, 6.07) is 7.18. The Morgan fingerprint density at radius 2 is 1.70 bits per heavy atom. The molecule has 2 heteroatoms. The van der Waals surface area contributed by atoms with E-state index in [1.807, 2.05) is 0 Å². The molecule has 112 valence electrons. The van der Waals surface area contributed by atoms with E-state index < -0.39 is 0 Å². The molecule has 0 bridgehead atoms. The highest BCUT2D eigenvalue weighted by atomic mass is 15.2. The van der Waals surface area contributed by atoms with Crippen LogP contribution in [-0.2, 0) is 0 Å². The van der Waals surface area contributed by atoms with E-state index in [4.69, 9.17) is 5.73 Å². The summed E-state index contributed by atoms with van der Waals surface area (Å²) in [7, 11) is 0. The molecule has 0 aromatic heterocycles. The van der Waals surface area contributed by atoms with Gasteiger partial charge in [-0.15, -0.1) is 0 Å². The number of aryl methyl sites for hydroxylation is 2. The molecular formula is C18H30N2. The molecule has 2 atom stereocenters. The van der Waals surface area contributed by atoms with E-state index in [2.05, 4.69) is 57.7 Å². The highest BCUT2D eigenvalue weighted by Crippen LogP contribution is 2.37. The molecule has 1 heterocycles. The first-order chi connectivity index (χ1) is 9.32. The van der Waals surface area contributed by atoms with Gasteiger partial charge >= 0.3 is 0 Å². The summed E-state index contributed by atoms with van der Waals surface area (Å²) in [4.78, 5) is 2.62. The predicted molar refractivity (Wildman–Crippen MR) is 86.9 cm³/mol. The Morgan fingerprint density at radius 3 is 2.25 bits per heavy atom. The minimum Gasteiger partial charge on any atom is -0.326 e. The Labute approximate surface area is 124 Å². The maximum absolute atomic E-state index is 6.59. The molecule has 2 nitrogen and oxygen atoms in total. The van der Waals surface area contributed by atoms with Crippen molar-refractivity contribution in [2.24, 2.45) is 5.73 Å². The lowest BCUT2D eigenvalue weighted by atomic mass is 9.87. The first kappa shape index (κ1) is 15.5. The number of nitrogens with zero attached hydrogens (tertiary/aromatic N) is 1. The highest BCUT2D eigenvalue weighted by Gasteiger charge is 2.36. The molecule has 0 spiro atoms. The van der Waals surface area contributed by atoms with Gasteiger partial charge in [-0.2, -0.15) is 0 Å². The van der Waals surface area contributed by atoms with Crippen molar-refractivity contribution >= 4 is 0 Å². The van der Waals surface area contributed by atoms with Crippen LogP contribution in [-0.4, -0.2) is 23.0 Å². The van der Waals surface area contributed by atoms with Crippen LogP contribution < -0.4 is 5.73 Å². The van der Waals surface area contributed by atoms with Crippen LogP contribution in [0.2, 0.25) is 0 Å². The van der Waals surface area contributed by atoms with Crippen molar-refractivity contribution in [1.82, 2.24) is 4.90 Å². The average molecular weight is 274 g/mol. The van der Waals surface area contributed by atoms with Gasteiger partial charge in [0.05, 0.1) is 6.04 Å². The third-order valence-electron chi connectivity index (χ3n) is 4.63. The third-order valence-corrected chi connectivity index (χ3v) is 4.63. The molecule has 2 N–H and O–H groups in total. The zero-order valence-corrected chi connectivity index (χ0v) is 13.7. The van der Waals surface area contributed by atoms with Crippen LogP contribution in [0.1, 0.15) is 62.8 Å². The fourth-order valence-corrected chi connectivity index (χ4v) is 3.61. The van der Waals surface area contributed by atoms with Crippen LogP contribution in [0, 0.1) is 13.8 Å². The molecule has 0 radical (unpaired) electrons. The maximum atomic E-state index is 6.59. The van der Waals surface area contributed by atoms with Crippen molar-refractivity contribution in [1.29, 1.82) is 0 Å². The highest BCUT2D eigenvalue weighted by molar-refractivity contribution is 5.37. The van der Waals surface area contributed by atoms with Gasteiger partial charge in [0.15, 0.2) is 0 Å². The van der Waals surface area contributed by atoms with Gasteiger partial charge in [-0.1, -0.05) is 24.6 Å². The summed E-state index contributed by atoms with van der Waals surface area (Å²) in [5.41, 5.74) is 11.0. The molecule has 0 amide bonds. The molecule has 20 heavy (non-hydrogen) atoms. The van der Waals surface area contributed by atoms with Crippen LogP contribution in [0.25, 0.3) is 0 Å². The predicted octanol–water partition coefficient (Wildman–Crippen LogP) is 3.96. The van der Waals surface area contributed by atoms with Gasteiger partial charge in [0, 0.05) is 11.6 Å². The van der Waals surface area contributed by atoms with E-state index >= 15 is 0 Å². The quantitative estimate of drug-likeness (QED) is 0.840. The SMILES string of the molecule is Cc1cccc(C)c1C1C(N)CCCCN1C(C)(C)C. The second-order valence-electron chi connectivity index (χ2n) is 7.27. The zero-order chi connectivity index (χ0) is 14.9. The van der Waals surface area contributed by atoms with Gasteiger partial charge in [0.2, 0.25) is 0 Å². The summed E-state index contributed by atoms with van der Waals surface area (Å²) in [5.74, 6) is 0. The van der Waals surface area contributed by atoms with Crippen molar-refractivity contribution in [2.45, 2.75) is 71.5 Å². The van der Waals surface area contributed by atoms with Crippen molar-refractivity contribution in [3.8, 4) is 0 Å². The maximum Gasteiger partial charge on any atom is 0.0509 e. The topological polar surface area (TPSA) is 29.3 Å². The molecule has 1 fully saturated rings. The number of likely N-dealkylation sites (tertiary alicyclic amines) is 1. The standard InChI is InChI=1S/C18H30N2/c1-13-9-8-10-14(2)16(13)17-15(19)11-6-7-12-20(17)18(3,4)5/h8-10,15,17H,6-7,11-12,19H2,1-5H3. The summed E-state index contributed by atoms with van der Waals surface area (Å²) < 4.78 is 0. The van der Waals surface area contributed by atoms with Gasteiger partial charge in [0.25, 0.3) is 0 Å². The lowest BCUT2D eigenvalue weighted by Crippen LogP contribution is -2.49. The molecule has 1 aromatic carbocycles. The zero-order valence-electron chi connectivity index (χ0n) is 13.7. The Hall–Kier alpha value is -0.860. The summed E-state index contributed by atoms with van der Waals surface area (Å²) >= 11 is 0. The number of nitrogens with two attached hydrogens (primary N) is 1. The molecule has 0 saturated carbocycles. The number of rotatable bonds is 1. The molecular weight excluding hydrogens is 244 g/mol. The average Bonchev–Trinajstić information content (AvgIpc) is 2.51. The van der Waals surface area contributed by atoms with Crippen molar-refractivity contribution in [3.63, 3.8) is 0 Å². The Kier molecular flexibility index (Phi) is 4.55. The summed E-state index contributed by atoms with van der Waals surface area (Å²) in [5, 5.41) is 0. The normalized spacial score (nSPS) is 25.5. The lowest BCUT2D eigenvalue weighted by molar-refractivity contribution is 0.0749. The van der Waals surface area contributed by atoms with Crippen LogP contribution in [0.4, 0.5) is 0 Å². The van der Waals surface area contributed by atoms with E-state index in [0.717, 1.165) is 13.0 Å². The first-order valence-corrected chi connectivity index (χ1v) is 7.91. The van der Waals surface area contributed by atoms with E-state index in [1.54, 1.807) is 0 Å². The van der Waals surface area contributed by atoms with Crippen LogP contribution in [0.15, 0.2) is 18.2 Å². The second kappa shape index (κ2) is 5.87. The molecule has 1 saturated heterocycles. The molecule has 1 aliphatic rings. The van der Waals surface area contributed by atoms with E-state index in [-0.39, 0.29) is 11.6 Å². The number of hydrogen-bond acceptors (Lipinski definition) is 2. The molecule has 2 unspecified atom stereocenters. The fourth-order valence-electron chi connectivity index (χ4n) is 3.61. The van der Waals surface area contributed by atoms with Crippen molar-refractivity contribution in [2.75, 3.05) is 6.54 Å². The number of hydrogen-bond donors (Lipinski definition) is 1. The Bertz CT molecular complexity index is 439.